The third-order valence-corrected chi connectivity index (χ3v) is 3.80. The molecule has 2 heterocycles. The molecule has 2 aliphatic heterocycles. The molecule has 3 nitrogen and oxygen atoms in total. The maximum Gasteiger partial charge on any atom is 0.0791 e. The highest BCUT2D eigenvalue weighted by Crippen LogP contribution is 2.40. The van der Waals surface area contributed by atoms with Crippen LogP contribution in [0, 0.1) is 0 Å². The van der Waals surface area contributed by atoms with Gasteiger partial charge < -0.3 is 15.1 Å². The molecule has 3 rings (SSSR count). The van der Waals surface area contributed by atoms with Crippen molar-refractivity contribution in [2.24, 2.45) is 0 Å². The summed E-state index contributed by atoms with van der Waals surface area (Å²) < 4.78 is 0. The Morgan fingerprint density at radius 1 is 1.44 bits per heavy atom. The molecule has 0 aromatic heterocycles. The zero-order chi connectivity index (χ0) is 11.1. The van der Waals surface area contributed by atoms with Gasteiger partial charge in [-0.1, -0.05) is 17.7 Å². The lowest BCUT2D eigenvalue weighted by molar-refractivity contribution is 0.466. The Labute approximate surface area is 101 Å². The third-order valence-electron chi connectivity index (χ3n) is 3.49. The number of para-hydroxylation sites is 1. The Morgan fingerprint density at radius 2 is 2.31 bits per heavy atom. The number of anilines is 2. The lowest BCUT2D eigenvalue weighted by Crippen LogP contribution is -2.58. The summed E-state index contributed by atoms with van der Waals surface area (Å²) >= 11 is 6.28. The standard InChI is InChI=1S/C12H16ClN3/c1-15-8-9-7-14-5-6-16(9)11-4-2-3-10(13)12(11)15/h2-4,9,14H,5-8H2,1H3. The minimum absolute atomic E-state index is 0.574. The van der Waals surface area contributed by atoms with Crippen LogP contribution < -0.4 is 15.1 Å². The number of rotatable bonds is 0. The van der Waals surface area contributed by atoms with Crippen LogP contribution in [0.25, 0.3) is 0 Å². The summed E-state index contributed by atoms with van der Waals surface area (Å²) in [5, 5.41) is 4.31. The fourth-order valence-electron chi connectivity index (χ4n) is 2.76. The fraction of sp³-hybridized carbons (Fsp3) is 0.500. The van der Waals surface area contributed by atoms with Crippen LogP contribution >= 0.6 is 11.6 Å². The summed E-state index contributed by atoms with van der Waals surface area (Å²) in [7, 11) is 2.12. The minimum Gasteiger partial charge on any atom is -0.370 e. The van der Waals surface area contributed by atoms with Crippen LogP contribution in [0.15, 0.2) is 18.2 Å². The van der Waals surface area contributed by atoms with E-state index in [1.165, 1.54) is 11.4 Å². The van der Waals surface area contributed by atoms with Gasteiger partial charge in [0.2, 0.25) is 0 Å². The Morgan fingerprint density at radius 3 is 3.19 bits per heavy atom. The first-order valence-electron chi connectivity index (χ1n) is 5.74. The van der Waals surface area contributed by atoms with Gasteiger partial charge in [-0.15, -0.1) is 0 Å². The quantitative estimate of drug-likeness (QED) is 0.739. The number of likely N-dealkylation sites (N-methyl/N-ethyl adjacent to an activating group) is 1. The van der Waals surface area contributed by atoms with Crippen LogP contribution in [0.5, 0.6) is 0 Å². The first kappa shape index (κ1) is 10.2. The van der Waals surface area contributed by atoms with Crippen LogP contribution in [0.2, 0.25) is 5.02 Å². The molecule has 0 amide bonds. The Kier molecular flexibility index (Phi) is 2.45. The van der Waals surface area contributed by atoms with E-state index in [2.05, 4.69) is 28.2 Å². The van der Waals surface area contributed by atoms with Gasteiger partial charge in [-0.05, 0) is 12.1 Å². The van der Waals surface area contributed by atoms with E-state index >= 15 is 0 Å². The monoisotopic (exact) mass is 237 g/mol. The zero-order valence-corrected chi connectivity index (χ0v) is 10.2. The number of piperazine rings is 1. The molecular weight excluding hydrogens is 222 g/mol. The molecule has 1 aromatic carbocycles. The lowest BCUT2D eigenvalue weighted by atomic mass is 10.1. The molecule has 0 aliphatic carbocycles. The van der Waals surface area contributed by atoms with E-state index in [9.17, 15) is 0 Å². The van der Waals surface area contributed by atoms with Gasteiger partial charge in [-0.25, -0.2) is 0 Å². The smallest absolute Gasteiger partial charge is 0.0791 e. The molecule has 1 aromatic rings. The van der Waals surface area contributed by atoms with Crippen LogP contribution in [0.1, 0.15) is 0 Å². The van der Waals surface area contributed by atoms with E-state index in [0.717, 1.165) is 31.2 Å². The molecule has 86 valence electrons. The third kappa shape index (κ3) is 1.46. The molecule has 4 heteroatoms. The fourth-order valence-corrected chi connectivity index (χ4v) is 3.08. The van der Waals surface area contributed by atoms with Gasteiger partial charge in [-0.3, -0.25) is 0 Å². The first-order valence-corrected chi connectivity index (χ1v) is 6.12. The second kappa shape index (κ2) is 3.82. The highest BCUT2D eigenvalue weighted by Gasteiger charge is 2.31. The largest absolute Gasteiger partial charge is 0.370 e. The summed E-state index contributed by atoms with van der Waals surface area (Å²) in [6.07, 6.45) is 0. The molecule has 1 atom stereocenters. The van der Waals surface area contributed by atoms with Crippen molar-refractivity contribution >= 4 is 23.0 Å². The van der Waals surface area contributed by atoms with E-state index in [1.807, 2.05) is 12.1 Å². The summed E-state index contributed by atoms with van der Waals surface area (Å²) in [5.41, 5.74) is 2.47. The highest BCUT2D eigenvalue weighted by molar-refractivity contribution is 6.34. The van der Waals surface area contributed by atoms with Crippen LogP contribution in [0.4, 0.5) is 11.4 Å². The number of hydrogen-bond donors (Lipinski definition) is 1. The second-order valence-corrected chi connectivity index (χ2v) is 4.95. The lowest BCUT2D eigenvalue weighted by Gasteiger charge is -2.46. The first-order chi connectivity index (χ1) is 7.77. The summed E-state index contributed by atoms with van der Waals surface area (Å²) in [4.78, 5) is 4.75. The van der Waals surface area contributed by atoms with E-state index < -0.39 is 0 Å². The normalized spacial score (nSPS) is 24.0. The molecule has 1 N–H and O–H groups in total. The Balaban J connectivity index is 2.08. The van der Waals surface area contributed by atoms with Crippen molar-refractivity contribution in [3.63, 3.8) is 0 Å². The van der Waals surface area contributed by atoms with Crippen molar-refractivity contribution in [1.82, 2.24) is 5.32 Å². The van der Waals surface area contributed by atoms with Gasteiger partial charge in [0.25, 0.3) is 0 Å². The maximum absolute atomic E-state index is 6.28. The van der Waals surface area contributed by atoms with Gasteiger partial charge in [0.15, 0.2) is 0 Å². The molecule has 1 unspecified atom stereocenters. The van der Waals surface area contributed by atoms with Crippen molar-refractivity contribution in [3.8, 4) is 0 Å². The molecular formula is C12H16ClN3. The van der Waals surface area contributed by atoms with Crippen molar-refractivity contribution in [3.05, 3.63) is 23.2 Å². The predicted octanol–water partition coefficient (Wildman–Crippen LogP) is 1.57. The maximum atomic E-state index is 6.28. The average molecular weight is 238 g/mol. The van der Waals surface area contributed by atoms with Crippen molar-refractivity contribution < 1.29 is 0 Å². The predicted molar refractivity (Wildman–Crippen MR) is 68.7 cm³/mol. The summed E-state index contributed by atoms with van der Waals surface area (Å²) in [6.45, 7) is 4.25. The molecule has 16 heavy (non-hydrogen) atoms. The Hall–Kier alpha value is -0.930. The van der Waals surface area contributed by atoms with E-state index in [0.29, 0.717) is 6.04 Å². The Bertz CT molecular complexity index is 407. The van der Waals surface area contributed by atoms with Crippen molar-refractivity contribution in [2.75, 3.05) is 43.0 Å². The minimum atomic E-state index is 0.574. The topological polar surface area (TPSA) is 18.5 Å². The average Bonchev–Trinajstić information content (AvgIpc) is 2.29. The molecule has 1 saturated heterocycles. The number of nitrogens with zero attached hydrogens (tertiary/aromatic N) is 2. The van der Waals surface area contributed by atoms with Crippen molar-refractivity contribution in [2.45, 2.75) is 6.04 Å². The molecule has 0 spiro atoms. The molecule has 1 fully saturated rings. The number of halogens is 1. The molecule has 0 saturated carbocycles. The van der Waals surface area contributed by atoms with Gasteiger partial charge >= 0.3 is 0 Å². The van der Waals surface area contributed by atoms with Crippen LogP contribution in [-0.4, -0.2) is 39.3 Å². The number of benzene rings is 1. The van der Waals surface area contributed by atoms with Crippen LogP contribution in [-0.2, 0) is 0 Å². The number of fused-ring (bicyclic) bond motifs is 3. The van der Waals surface area contributed by atoms with Gasteiger partial charge in [0.1, 0.15) is 0 Å². The van der Waals surface area contributed by atoms with E-state index in [1.54, 1.807) is 0 Å². The van der Waals surface area contributed by atoms with Crippen molar-refractivity contribution in [1.29, 1.82) is 0 Å². The molecule has 0 bridgehead atoms. The molecule has 2 aliphatic rings. The zero-order valence-electron chi connectivity index (χ0n) is 9.41. The SMILES string of the molecule is CN1CC2CNCCN2c2cccc(Cl)c21. The van der Waals surface area contributed by atoms with E-state index in [-0.39, 0.29) is 0 Å². The summed E-state index contributed by atoms with van der Waals surface area (Å²) in [6, 6.07) is 6.76. The van der Waals surface area contributed by atoms with E-state index in [4.69, 9.17) is 11.6 Å². The second-order valence-electron chi connectivity index (χ2n) is 4.54. The number of nitrogens with one attached hydrogen (secondary N) is 1. The van der Waals surface area contributed by atoms with Crippen LogP contribution in [0.3, 0.4) is 0 Å². The molecule has 0 radical (unpaired) electrons. The van der Waals surface area contributed by atoms with Gasteiger partial charge in [0, 0.05) is 33.2 Å². The summed E-state index contributed by atoms with van der Waals surface area (Å²) in [5.74, 6) is 0. The van der Waals surface area contributed by atoms with Gasteiger partial charge in [0.05, 0.1) is 22.4 Å². The highest BCUT2D eigenvalue weighted by atomic mass is 35.5. The van der Waals surface area contributed by atoms with Gasteiger partial charge in [-0.2, -0.15) is 0 Å². The number of hydrogen-bond acceptors (Lipinski definition) is 3.